The van der Waals surface area contributed by atoms with E-state index < -0.39 is 0 Å². The average molecular weight is 627 g/mol. The molecule has 0 atom stereocenters. The minimum absolute atomic E-state index is 0.00430. The van der Waals surface area contributed by atoms with Gasteiger partial charge in [0.25, 0.3) is 5.91 Å². The molecule has 2 aromatic carbocycles. The molecule has 10 nitrogen and oxygen atoms in total. The molecule has 5 rings (SSSR count). The van der Waals surface area contributed by atoms with Gasteiger partial charge in [-0.25, -0.2) is 4.98 Å². The highest BCUT2D eigenvalue weighted by Crippen LogP contribution is 2.33. The number of piperazine rings is 1. The maximum atomic E-state index is 12.9. The van der Waals surface area contributed by atoms with E-state index in [1.807, 2.05) is 41.3 Å². The van der Waals surface area contributed by atoms with Gasteiger partial charge in [0.05, 0.1) is 21.6 Å². The summed E-state index contributed by atoms with van der Waals surface area (Å²) in [5.41, 5.74) is 2.85. The van der Waals surface area contributed by atoms with Crippen molar-refractivity contribution in [2.24, 2.45) is 5.92 Å². The molecule has 38 heavy (non-hydrogen) atoms. The van der Waals surface area contributed by atoms with Crippen LogP contribution in [-0.2, 0) is 4.79 Å². The maximum Gasteiger partial charge on any atom is 0.253 e. The molecule has 1 aliphatic heterocycles. The second-order valence-corrected chi connectivity index (χ2v) is 10.5. The zero-order chi connectivity index (χ0) is 26.5. The first-order chi connectivity index (χ1) is 18.5. The molecule has 1 saturated heterocycles. The quantitative estimate of drug-likeness (QED) is 0.265. The molecule has 0 spiro atoms. The van der Waals surface area contributed by atoms with E-state index in [-0.39, 0.29) is 24.3 Å². The molecule has 2 fully saturated rings. The van der Waals surface area contributed by atoms with Crippen molar-refractivity contribution in [2.75, 3.05) is 55.3 Å². The summed E-state index contributed by atoms with van der Waals surface area (Å²) >= 11 is 2.17. The van der Waals surface area contributed by atoms with Gasteiger partial charge in [0.15, 0.2) is 0 Å². The Kier molecular flexibility index (Phi) is 8.35. The number of benzene rings is 2. The number of aromatic nitrogens is 2. The topological polar surface area (TPSA) is 123 Å². The van der Waals surface area contributed by atoms with Crippen molar-refractivity contribution in [3.63, 3.8) is 0 Å². The van der Waals surface area contributed by atoms with Crippen LogP contribution in [0.1, 0.15) is 23.2 Å². The van der Waals surface area contributed by atoms with E-state index in [2.05, 4.69) is 53.4 Å². The van der Waals surface area contributed by atoms with Crippen LogP contribution in [0.5, 0.6) is 0 Å². The number of nitrogens with one attached hydrogen (secondary N) is 3. The van der Waals surface area contributed by atoms with E-state index in [9.17, 15) is 9.59 Å². The Labute approximate surface area is 235 Å². The van der Waals surface area contributed by atoms with Crippen LogP contribution in [0.15, 0.2) is 54.7 Å². The fraction of sp³-hybridized carbons (Fsp3) is 0.333. The van der Waals surface area contributed by atoms with Crippen LogP contribution < -0.4 is 16.0 Å². The zero-order valence-electron chi connectivity index (χ0n) is 20.9. The summed E-state index contributed by atoms with van der Waals surface area (Å²) in [5.74, 6) is 1.19. The number of carbonyl (C=O) groups excluding carboxylic acids is 2. The Bertz CT molecular complexity index is 1290. The van der Waals surface area contributed by atoms with Crippen molar-refractivity contribution in [3.8, 4) is 0 Å². The molecule has 0 bridgehead atoms. The molecule has 2 heterocycles. The highest BCUT2D eigenvalue weighted by atomic mass is 127. The fourth-order valence-corrected chi connectivity index (χ4v) is 4.64. The minimum atomic E-state index is 0.00430. The Hall–Kier alpha value is -3.29. The smallest absolute Gasteiger partial charge is 0.253 e. The average Bonchev–Trinajstić information content (AvgIpc) is 3.78. The van der Waals surface area contributed by atoms with E-state index in [0.29, 0.717) is 42.7 Å². The Morgan fingerprint density at radius 2 is 1.68 bits per heavy atom. The Morgan fingerprint density at radius 1 is 0.974 bits per heavy atom. The highest BCUT2D eigenvalue weighted by Gasteiger charge is 2.30. The number of aliphatic hydroxyl groups excluding tert-OH is 1. The van der Waals surface area contributed by atoms with E-state index in [4.69, 9.17) is 5.11 Å². The van der Waals surface area contributed by atoms with Gasteiger partial charge in [0.2, 0.25) is 11.9 Å². The van der Waals surface area contributed by atoms with Gasteiger partial charge in [-0.1, -0.05) is 12.1 Å². The summed E-state index contributed by atoms with van der Waals surface area (Å²) in [6.45, 7) is 3.62. The highest BCUT2D eigenvalue weighted by molar-refractivity contribution is 14.1. The second kappa shape index (κ2) is 12.0. The second-order valence-electron chi connectivity index (χ2n) is 9.38. The van der Waals surface area contributed by atoms with Crippen LogP contribution in [0.25, 0.3) is 0 Å². The van der Waals surface area contributed by atoms with Crippen LogP contribution in [0.2, 0.25) is 0 Å². The number of hydrogen-bond acceptors (Lipinski definition) is 8. The molecule has 198 valence electrons. The molecule has 3 aromatic rings. The van der Waals surface area contributed by atoms with Gasteiger partial charge < -0.3 is 26.0 Å². The molecule has 2 aliphatic rings. The number of rotatable bonds is 9. The Balaban J connectivity index is 1.23. The maximum absolute atomic E-state index is 12.9. The third-order valence-electron chi connectivity index (χ3n) is 6.59. The number of β-amino-alcohol motifs (C(OH)–C–C–N with tert-alkyl or cyclic N) is 1. The first-order valence-electron chi connectivity index (χ1n) is 12.7. The first kappa shape index (κ1) is 26.3. The van der Waals surface area contributed by atoms with Crippen molar-refractivity contribution in [2.45, 2.75) is 12.8 Å². The first-order valence-corrected chi connectivity index (χ1v) is 13.8. The molecular formula is C27H30IN7O3. The third-order valence-corrected chi connectivity index (χ3v) is 7.38. The van der Waals surface area contributed by atoms with Crippen LogP contribution >= 0.6 is 22.6 Å². The lowest BCUT2D eigenvalue weighted by atomic mass is 10.1. The van der Waals surface area contributed by atoms with Gasteiger partial charge >= 0.3 is 0 Å². The van der Waals surface area contributed by atoms with Gasteiger partial charge in [0, 0.05) is 56.1 Å². The van der Waals surface area contributed by atoms with Gasteiger partial charge in [-0.15, -0.1) is 0 Å². The van der Waals surface area contributed by atoms with E-state index in [1.165, 1.54) is 0 Å². The van der Waals surface area contributed by atoms with Crippen molar-refractivity contribution in [1.82, 2.24) is 19.8 Å². The molecule has 2 amide bonds. The summed E-state index contributed by atoms with van der Waals surface area (Å²) in [6, 6.07) is 14.8. The fourth-order valence-electron chi connectivity index (χ4n) is 4.25. The number of nitrogens with zero attached hydrogens (tertiary/aromatic N) is 4. The monoisotopic (exact) mass is 627 g/mol. The largest absolute Gasteiger partial charge is 0.395 e. The van der Waals surface area contributed by atoms with Crippen LogP contribution in [0.4, 0.5) is 28.8 Å². The van der Waals surface area contributed by atoms with Crippen LogP contribution in [0.3, 0.4) is 0 Å². The van der Waals surface area contributed by atoms with Crippen LogP contribution in [0, 0.1) is 9.49 Å². The third kappa shape index (κ3) is 6.58. The normalized spacial score (nSPS) is 15.7. The van der Waals surface area contributed by atoms with Crippen molar-refractivity contribution >= 4 is 63.2 Å². The van der Waals surface area contributed by atoms with Crippen LogP contribution in [-0.4, -0.2) is 76.0 Å². The van der Waals surface area contributed by atoms with Gasteiger partial charge in [-0.2, -0.15) is 4.98 Å². The lowest BCUT2D eigenvalue weighted by Crippen LogP contribution is -2.49. The number of aliphatic hydroxyl groups is 1. The molecule has 0 unspecified atom stereocenters. The summed E-state index contributed by atoms with van der Waals surface area (Å²) in [4.78, 5) is 38.2. The predicted molar refractivity (Wildman–Crippen MR) is 155 cm³/mol. The van der Waals surface area contributed by atoms with Crippen molar-refractivity contribution in [1.29, 1.82) is 0 Å². The molecular weight excluding hydrogens is 597 g/mol. The summed E-state index contributed by atoms with van der Waals surface area (Å²) in [7, 11) is 0. The van der Waals surface area contributed by atoms with E-state index in [1.54, 1.807) is 18.3 Å². The minimum Gasteiger partial charge on any atom is -0.395 e. The molecule has 1 saturated carbocycles. The van der Waals surface area contributed by atoms with E-state index in [0.717, 1.165) is 40.9 Å². The number of halogens is 1. The molecule has 0 radical (unpaired) electrons. The number of para-hydroxylation sites is 2. The molecule has 11 heteroatoms. The summed E-state index contributed by atoms with van der Waals surface area (Å²) < 4.78 is 0.830. The SMILES string of the molecule is O=C(Nc1ccccc1Nc1nc(Nc2ccc(C(=O)N3CCN(CCO)CC3)cc2)ncc1I)C1CC1. The number of hydrogen-bond donors (Lipinski definition) is 4. The molecule has 1 aromatic heterocycles. The standard InChI is InChI=1S/C27H30IN7O3/c28-21-17-29-27(33-24(21)31-22-3-1-2-4-23(22)32-25(37)18-5-6-18)30-20-9-7-19(8-10-20)26(38)35-13-11-34(12-14-35)15-16-36/h1-4,7-10,17-18,36H,5-6,11-16H2,(H,32,37)(H2,29,30,31,33). The summed E-state index contributed by atoms with van der Waals surface area (Å²) in [6.07, 6.45) is 3.60. The van der Waals surface area contributed by atoms with E-state index >= 15 is 0 Å². The summed E-state index contributed by atoms with van der Waals surface area (Å²) in [5, 5.41) is 18.6. The van der Waals surface area contributed by atoms with Crippen molar-refractivity contribution < 1.29 is 14.7 Å². The zero-order valence-corrected chi connectivity index (χ0v) is 23.0. The lowest BCUT2D eigenvalue weighted by molar-refractivity contribution is -0.117. The van der Waals surface area contributed by atoms with Gasteiger partial charge in [-0.05, 0) is 71.8 Å². The predicted octanol–water partition coefficient (Wildman–Crippen LogP) is 3.67. The number of amides is 2. The molecule has 1 aliphatic carbocycles. The lowest BCUT2D eigenvalue weighted by Gasteiger charge is -2.34. The number of anilines is 5. The molecule has 4 N–H and O–H groups in total. The van der Waals surface area contributed by atoms with Gasteiger partial charge in [-0.3, -0.25) is 14.5 Å². The number of carbonyl (C=O) groups is 2. The van der Waals surface area contributed by atoms with Crippen molar-refractivity contribution in [3.05, 3.63) is 63.9 Å². The Morgan fingerprint density at radius 3 is 2.37 bits per heavy atom. The van der Waals surface area contributed by atoms with Gasteiger partial charge in [0.1, 0.15) is 5.82 Å².